The molecule has 1 saturated carbocycles. The molecule has 10 nitrogen and oxygen atoms in total. The Hall–Kier alpha value is -3.89. The fourth-order valence-corrected chi connectivity index (χ4v) is 5.35. The lowest BCUT2D eigenvalue weighted by molar-refractivity contribution is 0.0328. The zero-order valence-corrected chi connectivity index (χ0v) is 21.9. The number of pyridine rings is 3. The topological polar surface area (TPSA) is 96.0 Å². The van der Waals surface area contributed by atoms with Crippen molar-refractivity contribution in [3.63, 3.8) is 0 Å². The molecule has 194 valence electrons. The standard InChI is InChI=1S/C28H30N8O2/c1-17-19-15-30-36(22(19)12-21(31-17)20-14-29-7-6-24(20)37-3)25-13-23-28(27(32-25)18-4-5-18)33-26(34(23)2)16-35-8-10-38-11-9-35/h6-7,12-15,18H,4-5,8-11,16H2,1-3H3. The van der Waals surface area contributed by atoms with E-state index in [9.17, 15) is 0 Å². The number of fused-ring (bicyclic) bond motifs is 2. The summed E-state index contributed by atoms with van der Waals surface area (Å²) in [7, 11) is 3.77. The zero-order valence-electron chi connectivity index (χ0n) is 21.9. The van der Waals surface area contributed by atoms with E-state index in [2.05, 4.69) is 27.6 Å². The molecule has 5 aromatic heterocycles. The SMILES string of the molecule is COc1ccncc1-c1cc2c(cnn2-c2cc3c(nc(CN4CCOCC4)n3C)c(C3CC3)n2)c(C)n1. The fraction of sp³-hybridized carbons (Fsp3) is 0.393. The third-order valence-electron chi connectivity index (χ3n) is 7.66. The molecular formula is C28H30N8O2. The molecule has 1 saturated heterocycles. The second-order valence-electron chi connectivity index (χ2n) is 10.1. The van der Waals surface area contributed by atoms with Crippen molar-refractivity contribution in [2.75, 3.05) is 33.4 Å². The van der Waals surface area contributed by atoms with Crippen molar-refractivity contribution in [3.05, 3.63) is 54.0 Å². The minimum absolute atomic E-state index is 0.448. The number of methoxy groups -OCH3 is 1. The lowest BCUT2D eigenvalue weighted by Gasteiger charge is -2.26. The van der Waals surface area contributed by atoms with Crippen LogP contribution < -0.4 is 4.74 Å². The molecule has 0 atom stereocenters. The first kappa shape index (κ1) is 23.2. The van der Waals surface area contributed by atoms with Crippen molar-refractivity contribution in [2.45, 2.75) is 32.2 Å². The monoisotopic (exact) mass is 510 g/mol. The van der Waals surface area contributed by atoms with Crippen LogP contribution in [0.25, 0.3) is 39.0 Å². The number of aryl methyl sites for hydroxylation is 2. The predicted octanol–water partition coefficient (Wildman–Crippen LogP) is 3.79. The largest absolute Gasteiger partial charge is 0.496 e. The van der Waals surface area contributed by atoms with E-state index in [4.69, 9.17) is 29.5 Å². The van der Waals surface area contributed by atoms with Gasteiger partial charge in [-0.15, -0.1) is 0 Å². The minimum Gasteiger partial charge on any atom is -0.496 e. The van der Waals surface area contributed by atoms with Crippen LogP contribution in [0.1, 0.15) is 36.0 Å². The summed E-state index contributed by atoms with van der Waals surface area (Å²) in [6, 6.07) is 6.01. The normalized spacial score (nSPS) is 16.5. The Morgan fingerprint density at radius 2 is 1.89 bits per heavy atom. The average Bonchev–Trinajstić information content (AvgIpc) is 3.63. The van der Waals surface area contributed by atoms with E-state index in [0.717, 1.165) is 108 Å². The quantitative estimate of drug-likeness (QED) is 0.341. The number of nitrogens with zero attached hydrogens (tertiary/aromatic N) is 8. The number of aromatic nitrogens is 7. The van der Waals surface area contributed by atoms with Crippen molar-refractivity contribution < 1.29 is 9.47 Å². The first-order chi connectivity index (χ1) is 18.6. The smallest absolute Gasteiger partial charge is 0.156 e. The number of imidazole rings is 1. The maximum absolute atomic E-state index is 5.58. The molecule has 0 radical (unpaired) electrons. The Kier molecular flexibility index (Phi) is 5.59. The van der Waals surface area contributed by atoms with E-state index < -0.39 is 0 Å². The molecule has 0 N–H and O–H groups in total. The average molecular weight is 511 g/mol. The molecule has 2 aliphatic rings. The molecule has 6 heterocycles. The van der Waals surface area contributed by atoms with Gasteiger partial charge in [0, 0.05) is 55.6 Å². The molecule has 0 amide bonds. The molecule has 7 rings (SSSR count). The number of morpholine rings is 1. The lowest BCUT2D eigenvalue weighted by atomic mass is 10.1. The van der Waals surface area contributed by atoms with Crippen LogP contribution in [-0.2, 0) is 18.3 Å². The summed E-state index contributed by atoms with van der Waals surface area (Å²) in [4.78, 5) is 21.8. The molecular weight excluding hydrogens is 480 g/mol. The van der Waals surface area contributed by atoms with Gasteiger partial charge in [0.1, 0.15) is 17.1 Å². The number of hydrogen-bond donors (Lipinski definition) is 0. The van der Waals surface area contributed by atoms with E-state index in [1.807, 2.05) is 29.9 Å². The van der Waals surface area contributed by atoms with Gasteiger partial charge in [-0.2, -0.15) is 5.10 Å². The van der Waals surface area contributed by atoms with E-state index >= 15 is 0 Å². The van der Waals surface area contributed by atoms with E-state index in [1.165, 1.54) is 0 Å². The second-order valence-corrected chi connectivity index (χ2v) is 10.1. The van der Waals surface area contributed by atoms with Crippen LogP contribution in [0.3, 0.4) is 0 Å². The summed E-state index contributed by atoms with van der Waals surface area (Å²) in [6.07, 6.45) is 7.67. The summed E-state index contributed by atoms with van der Waals surface area (Å²) in [5.41, 5.74) is 6.65. The Morgan fingerprint density at radius 3 is 2.68 bits per heavy atom. The third-order valence-corrected chi connectivity index (χ3v) is 7.66. The molecule has 10 heteroatoms. The van der Waals surface area contributed by atoms with Gasteiger partial charge in [-0.3, -0.25) is 14.9 Å². The number of hydrogen-bond acceptors (Lipinski definition) is 8. The first-order valence-corrected chi connectivity index (χ1v) is 13.1. The van der Waals surface area contributed by atoms with E-state index in [0.29, 0.717) is 5.92 Å². The van der Waals surface area contributed by atoms with Crippen molar-refractivity contribution in [3.8, 4) is 22.8 Å². The van der Waals surface area contributed by atoms with Gasteiger partial charge in [-0.05, 0) is 31.9 Å². The van der Waals surface area contributed by atoms with Crippen LogP contribution in [0, 0.1) is 6.92 Å². The zero-order chi connectivity index (χ0) is 25.8. The van der Waals surface area contributed by atoms with Gasteiger partial charge in [0.15, 0.2) is 5.82 Å². The van der Waals surface area contributed by atoms with E-state index in [1.54, 1.807) is 19.5 Å². The van der Waals surface area contributed by atoms with Crippen LogP contribution in [-0.4, -0.2) is 72.6 Å². The van der Waals surface area contributed by atoms with E-state index in [-0.39, 0.29) is 0 Å². The molecule has 0 aromatic carbocycles. The van der Waals surface area contributed by atoms with Gasteiger partial charge in [-0.1, -0.05) is 0 Å². The van der Waals surface area contributed by atoms with Crippen molar-refractivity contribution in [1.82, 2.24) is 39.2 Å². The lowest BCUT2D eigenvalue weighted by Crippen LogP contribution is -2.36. The van der Waals surface area contributed by atoms with Gasteiger partial charge in [0.25, 0.3) is 0 Å². The Balaban J connectivity index is 1.37. The molecule has 0 spiro atoms. The molecule has 0 bridgehead atoms. The minimum atomic E-state index is 0.448. The number of ether oxygens (including phenoxy) is 2. The highest BCUT2D eigenvalue weighted by molar-refractivity contribution is 5.87. The Bertz CT molecular complexity index is 1660. The highest BCUT2D eigenvalue weighted by Crippen LogP contribution is 2.42. The first-order valence-electron chi connectivity index (χ1n) is 13.1. The molecule has 2 fully saturated rings. The summed E-state index contributed by atoms with van der Waals surface area (Å²) in [5.74, 6) is 3.03. The second kappa shape index (κ2) is 9.14. The molecule has 38 heavy (non-hydrogen) atoms. The van der Waals surface area contributed by atoms with Crippen LogP contribution in [0.2, 0.25) is 0 Å². The number of rotatable bonds is 6. The summed E-state index contributed by atoms with van der Waals surface area (Å²) in [6.45, 7) is 6.22. The van der Waals surface area contributed by atoms with Crippen molar-refractivity contribution in [1.29, 1.82) is 0 Å². The van der Waals surface area contributed by atoms with Gasteiger partial charge in [0.2, 0.25) is 0 Å². The maximum Gasteiger partial charge on any atom is 0.156 e. The molecule has 1 aliphatic heterocycles. The molecule has 1 aliphatic carbocycles. The summed E-state index contributed by atoms with van der Waals surface area (Å²) in [5, 5.41) is 5.77. The predicted molar refractivity (Wildman–Crippen MR) is 144 cm³/mol. The van der Waals surface area contributed by atoms with Crippen molar-refractivity contribution >= 4 is 21.9 Å². The Labute approximate surface area is 220 Å². The van der Waals surface area contributed by atoms with Gasteiger partial charge >= 0.3 is 0 Å². The summed E-state index contributed by atoms with van der Waals surface area (Å²) >= 11 is 0. The van der Waals surface area contributed by atoms with Crippen LogP contribution >= 0.6 is 0 Å². The third kappa shape index (κ3) is 3.91. The van der Waals surface area contributed by atoms with Crippen LogP contribution in [0.15, 0.2) is 36.8 Å². The molecule has 0 unspecified atom stereocenters. The van der Waals surface area contributed by atoms with Gasteiger partial charge in [0.05, 0.1) is 61.0 Å². The highest BCUT2D eigenvalue weighted by Gasteiger charge is 2.30. The fourth-order valence-electron chi connectivity index (χ4n) is 5.35. The van der Waals surface area contributed by atoms with Crippen molar-refractivity contribution in [2.24, 2.45) is 7.05 Å². The molecule has 5 aromatic rings. The maximum atomic E-state index is 5.58. The summed E-state index contributed by atoms with van der Waals surface area (Å²) < 4.78 is 15.3. The Morgan fingerprint density at radius 1 is 1.05 bits per heavy atom. The van der Waals surface area contributed by atoms with Crippen LogP contribution in [0.4, 0.5) is 0 Å². The van der Waals surface area contributed by atoms with Gasteiger partial charge < -0.3 is 14.0 Å². The van der Waals surface area contributed by atoms with Crippen LogP contribution in [0.5, 0.6) is 5.75 Å². The highest BCUT2D eigenvalue weighted by atomic mass is 16.5. The van der Waals surface area contributed by atoms with Gasteiger partial charge in [-0.25, -0.2) is 14.6 Å².